The predicted molar refractivity (Wildman–Crippen MR) is 171 cm³/mol. The number of hydrogen-bond donors (Lipinski definition) is 1. The number of piperazine rings is 1. The first-order chi connectivity index (χ1) is 21.3. The maximum Gasteiger partial charge on any atom is 0.252 e. The summed E-state index contributed by atoms with van der Waals surface area (Å²) < 4.78 is 19.2. The quantitative estimate of drug-likeness (QED) is 0.252. The van der Waals surface area contributed by atoms with Gasteiger partial charge in [-0.15, -0.1) is 0 Å². The van der Waals surface area contributed by atoms with E-state index in [1.54, 1.807) is 6.92 Å². The summed E-state index contributed by atoms with van der Waals surface area (Å²) in [7, 11) is 0. The van der Waals surface area contributed by atoms with Gasteiger partial charge in [-0.2, -0.15) is 0 Å². The molecule has 2 bridgehead atoms. The monoisotopic (exact) mass is 635 g/mol. The summed E-state index contributed by atoms with van der Waals surface area (Å²) in [6.07, 6.45) is 4.14. The van der Waals surface area contributed by atoms with Crippen LogP contribution in [0.3, 0.4) is 0 Å². The van der Waals surface area contributed by atoms with E-state index in [0.29, 0.717) is 48.5 Å². The van der Waals surface area contributed by atoms with Gasteiger partial charge in [0, 0.05) is 55.3 Å². The lowest BCUT2D eigenvalue weighted by Gasteiger charge is -2.44. The van der Waals surface area contributed by atoms with E-state index in [-0.39, 0.29) is 35.8 Å². The van der Waals surface area contributed by atoms with Gasteiger partial charge in [0.15, 0.2) is 0 Å². The Balaban J connectivity index is 1.23. The molecule has 2 atom stereocenters. The summed E-state index contributed by atoms with van der Waals surface area (Å²) in [5, 5.41) is 4.70. The number of amides is 2. The third-order valence-electron chi connectivity index (χ3n) is 8.69. The number of aryl methyl sites for hydroxylation is 1. The Morgan fingerprint density at radius 3 is 2.52 bits per heavy atom. The van der Waals surface area contributed by atoms with E-state index < -0.39 is 0 Å². The van der Waals surface area contributed by atoms with Gasteiger partial charge in [-0.3, -0.25) is 9.59 Å². The van der Waals surface area contributed by atoms with Crippen molar-refractivity contribution >= 4 is 40.6 Å². The average Bonchev–Trinajstić information content (AvgIpc) is 3.85. The second kappa shape index (κ2) is 13.3. The van der Waals surface area contributed by atoms with Crippen LogP contribution in [0.2, 0.25) is 10.0 Å². The van der Waals surface area contributed by atoms with Crippen LogP contribution in [0, 0.1) is 5.82 Å². The Kier molecular flexibility index (Phi) is 9.26. The highest BCUT2D eigenvalue weighted by molar-refractivity contribution is 6.32. The Morgan fingerprint density at radius 2 is 1.80 bits per heavy atom. The molecule has 3 aliphatic rings. The molecule has 6 rings (SSSR count). The molecule has 2 unspecified atom stereocenters. The van der Waals surface area contributed by atoms with Gasteiger partial charge in [-0.05, 0) is 72.6 Å². The lowest BCUT2D eigenvalue weighted by atomic mass is 9.82. The predicted octanol–water partition coefficient (Wildman–Crippen LogP) is 6.68. The van der Waals surface area contributed by atoms with E-state index in [2.05, 4.69) is 29.6 Å². The van der Waals surface area contributed by atoms with Gasteiger partial charge in [-0.1, -0.05) is 65.7 Å². The van der Waals surface area contributed by atoms with Gasteiger partial charge in [-0.25, -0.2) is 4.39 Å². The molecule has 2 heterocycles. The van der Waals surface area contributed by atoms with E-state index in [1.807, 2.05) is 34.1 Å². The van der Waals surface area contributed by atoms with Crippen LogP contribution in [-0.2, 0) is 22.6 Å². The first kappa shape index (κ1) is 30.6. The second-order valence-electron chi connectivity index (χ2n) is 11.9. The molecule has 2 fully saturated rings. The van der Waals surface area contributed by atoms with Crippen LogP contribution in [-0.4, -0.2) is 59.4 Å². The Morgan fingerprint density at radius 1 is 1.02 bits per heavy atom. The third-order valence-corrected chi connectivity index (χ3v) is 9.37. The molecule has 3 aromatic carbocycles. The van der Waals surface area contributed by atoms with Crippen molar-refractivity contribution in [2.45, 2.75) is 63.7 Å². The van der Waals surface area contributed by atoms with E-state index in [4.69, 9.17) is 27.9 Å². The molecule has 0 radical (unpaired) electrons. The van der Waals surface area contributed by atoms with Gasteiger partial charge in [0.25, 0.3) is 5.91 Å². The van der Waals surface area contributed by atoms with Crippen LogP contribution >= 0.6 is 23.2 Å². The number of hydrogen-bond acceptors (Lipinski definition) is 4. The van der Waals surface area contributed by atoms with E-state index >= 15 is 0 Å². The molecule has 9 heteroatoms. The lowest BCUT2D eigenvalue weighted by Crippen LogP contribution is -2.61. The number of halogens is 3. The molecule has 2 aliphatic heterocycles. The fourth-order valence-corrected chi connectivity index (χ4v) is 6.63. The normalized spacial score (nSPS) is 19.6. The number of carbonyl (C=O) groups is 2. The van der Waals surface area contributed by atoms with Crippen molar-refractivity contribution in [3.63, 3.8) is 0 Å². The molecule has 2 amide bonds. The maximum atomic E-state index is 14.5. The van der Waals surface area contributed by atoms with Crippen molar-refractivity contribution < 1.29 is 18.7 Å². The zero-order valence-electron chi connectivity index (χ0n) is 24.7. The fourth-order valence-electron chi connectivity index (χ4n) is 6.26. The third kappa shape index (κ3) is 6.96. The molecule has 230 valence electrons. The maximum absolute atomic E-state index is 14.5. The van der Waals surface area contributed by atoms with Gasteiger partial charge >= 0.3 is 0 Å². The Bertz CT molecular complexity index is 1570. The summed E-state index contributed by atoms with van der Waals surface area (Å²) in [5.74, 6) is 0.00825. The molecule has 0 spiro atoms. The minimum absolute atomic E-state index is 0.0148. The summed E-state index contributed by atoms with van der Waals surface area (Å²) >= 11 is 12.6. The van der Waals surface area contributed by atoms with Crippen LogP contribution < -0.4 is 10.1 Å². The Hall–Kier alpha value is -3.39. The van der Waals surface area contributed by atoms with E-state index in [0.717, 1.165) is 53.5 Å². The zero-order chi connectivity index (χ0) is 30.8. The van der Waals surface area contributed by atoms with Crippen molar-refractivity contribution in [3.05, 3.63) is 105 Å². The first-order valence-corrected chi connectivity index (χ1v) is 16.0. The van der Waals surface area contributed by atoms with Crippen LogP contribution in [0.4, 0.5) is 4.39 Å². The highest BCUT2D eigenvalue weighted by Crippen LogP contribution is 2.38. The van der Waals surface area contributed by atoms with Gasteiger partial charge in [0.1, 0.15) is 11.6 Å². The number of benzene rings is 3. The molecule has 0 aromatic heterocycles. The van der Waals surface area contributed by atoms with Gasteiger partial charge in [0.2, 0.25) is 5.91 Å². The highest BCUT2D eigenvalue weighted by atomic mass is 35.5. The molecule has 44 heavy (non-hydrogen) atoms. The standard InChI is InChI=1S/C35H36Cl2FN3O3/c1-22(42)40-20-27-18-29(24-10-8-23(9-11-24)5-4-16-44-33-17-26(38)12-15-31(33)37)34(32(21-40)39-27)35(43)41(28-13-14-28)19-25-6-2-3-7-30(25)36/h2-3,6-12,15,17,27-28,32,39H,4-5,13-14,16,18-21H2,1H3. The van der Waals surface area contributed by atoms with Crippen LogP contribution in [0.15, 0.2) is 72.3 Å². The van der Waals surface area contributed by atoms with Crippen molar-refractivity contribution in [3.8, 4) is 5.75 Å². The number of rotatable bonds is 10. The largest absolute Gasteiger partial charge is 0.492 e. The van der Waals surface area contributed by atoms with Crippen molar-refractivity contribution in [1.82, 2.24) is 15.1 Å². The average molecular weight is 637 g/mol. The zero-order valence-corrected chi connectivity index (χ0v) is 26.2. The molecule has 6 nitrogen and oxygen atoms in total. The SMILES string of the molecule is CC(=O)N1CC2CC(c3ccc(CCCOc4cc(F)ccc4Cl)cc3)=C(C(=O)N(Cc3ccccc3Cl)C3CC3)C(C1)N2. The molecule has 1 saturated carbocycles. The Labute approximate surface area is 267 Å². The number of nitrogens with zero attached hydrogens (tertiary/aromatic N) is 2. The second-order valence-corrected chi connectivity index (χ2v) is 12.7. The summed E-state index contributed by atoms with van der Waals surface area (Å²) in [6.45, 7) is 3.55. The smallest absolute Gasteiger partial charge is 0.252 e. The minimum Gasteiger partial charge on any atom is -0.492 e. The number of fused-ring (bicyclic) bond motifs is 2. The van der Waals surface area contributed by atoms with E-state index in [1.165, 1.54) is 18.2 Å². The molecule has 1 saturated heterocycles. The van der Waals surface area contributed by atoms with Gasteiger partial charge < -0.3 is 19.9 Å². The molecular formula is C35H36Cl2FN3O3. The van der Waals surface area contributed by atoms with Crippen LogP contribution in [0.25, 0.3) is 5.57 Å². The lowest BCUT2D eigenvalue weighted by molar-refractivity contribution is -0.132. The summed E-state index contributed by atoms with van der Waals surface area (Å²) in [5.41, 5.74) is 4.90. The molecule has 1 N–H and O–H groups in total. The number of carbonyl (C=O) groups excluding carboxylic acids is 2. The van der Waals surface area contributed by atoms with Crippen molar-refractivity contribution in [2.24, 2.45) is 0 Å². The van der Waals surface area contributed by atoms with Crippen molar-refractivity contribution in [2.75, 3.05) is 19.7 Å². The number of nitrogens with one attached hydrogen (secondary N) is 1. The first-order valence-electron chi connectivity index (χ1n) is 15.2. The molecular weight excluding hydrogens is 600 g/mol. The fraction of sp³-hybridized carbons (Fsp3) is 0.371. The van der Waals surface area contributed by atoms with E-state index in [9.17, 15) is 14.0 Å². The molecule has 1 aliphatic carbocycles. The topological polar surface area (TPSA) is 61.9 Å². The minimum atomic E-state index is -0.382. The summed E-state index contributed by atoms with van der Waals surface area (Å²) in [4.78, 5) is 30.7. The highest BCUT2D eigenvalue weighted by Gasteiger charge is 2.43. The van der Waals surface area contributed by atoms with Crippen molar-refractivity contribution in [1.29, 1.82) is 0 Å². The summed E-state index contributed by atoms with van der Waals surface area (Å²) in [6, 6.07) is 20.2. The van der Waals surface area contributed by atoms with Gasteiger partial charge in [0.05, 0.1) is 17.7 Å². The molecule has 3 aromatic rings. The van der Waals surface area contributed by atoms with Crippen LogP contribution in [0.5, 0.6) is 5.75 Å². The number of ether oxygens (including phenoxy) is 1. The van der Waals surface area contributed by atoms with Crippen LogP contribution in [0.1, 0.15) is 49.3 Å².